The molecule has 0 spiro atoms. The van der Waals surface area contributed by atoms with Crippen LogP contribution in [-0.4, -0.2) is 24.7 Å². The van der Waals surface area contributed by atoms with Crippen molar-refractivity contribution in [2.75, 3.05) is 12.3 Å². The Bertz CT molecular complexity index is 444. The summed E-state index contributed by atoms with van der Waals surface area (Å²) in [7, 11) is 0. The first-order chi connectivity index (χ1) is 10.2. The van der Waals surface area contributed by atoms with Gasteiger partial charge in [-0.15, -0.1) is 0 Å². The van der Waals surface area contributed by atoms with Gasteiger partial charge in [0.05, 0.1) is 11.6 Å². The van der Waals surface area contributed by atoms with Crippen LogP contribution in [0.1, 0.15) is 55.8 Å². The minimum Gasteiger partial charge on any atom is -1.00 e. The van der Waals surface area contributed by atoms with Crippen molar-refractivity contribution in [1.82, 2.24) is 0 Å². The molecule has 0 saturated heterocycles. The van der Waals surface area contributed by atoms with Crippen LogP contribution in [0, 0.1) is 0 Å². The summed E-state index contributed by atoms with van der Waals surface area (Å²) in [6.45, 7) is 2.64. The minimum atomic E-state index is -0.259. The number of benzene rings is 1. The Hall–Kier alpha value is -1.26. The van der Waals surface area contributed by atoms with Gasteiger partial charge >= 0.3 is 5.97 Å². The van der Waals surface area contributed by atoms with Gasteiger partial charge in [-0.25, -0.2) is 4.79 Å². The van der Waals surface area contributed by atoms with Gasteiger partial charge in [0.2, 0.25) is 0 Å². The summed E-state index contributed by atoms with van der Waals surface area (Å²) in [5, 5.41) is 2.41. The maximum atomic E-state index is 12.0. The van der Waals surface area contributed by atoms with Gasteiger partial charge < -0.3 is 28.2 Å². The van der Waals surface area contributed by atoms with Gasteiger partial charge in [-0.1, -0.05) is 13.3 Å². The first-order valence-electron chi connectivity index (χ1n) is 8.06. The maximum Gasteiger partial charge on any atom is 0.338 e. The minimum absolute atomic E-state index is 0. The number of carbonyl (C=O) groups excluding carboxylic acids is 1. The van der Waals surface area contributed by atoms with Crippen LogP contribution in [0.2, 0.25) is 0 Å². The topological polar surface area (TPSA) is 68.9 Å². The number of halogens is 1. The molecule has 1 unspecified atom stereocenters. The summed E-state index contributed by atoms with van der Waals surface area (Å²) < 4.78 is 5.45. The molecule has 1 aliphatic rings. The van der Waals surface area contributed by atoms with Gasteiger partial charge in [-0.2, -0.15) is 0 Å². The zero-order valence-electron chi connectivity index (χ0n) is 13.3. The third-order valence-electron chi connectivity index (χ3n) is 4.29. The van der Waals surface area contributed by atoms with Crippen molar-refractivity contribution in [3.63, 3.8) is 0 Å². The van der Waals surface area contributed by atoms with Crippen LogP contribution in [0.4, 0.5) is 5.69 Å². The highest BCUT2D eigenvalue weighted by Crippen LogP contribution is 2.15. The van der Waals surface area contributed by atoms with Crippen LogP contribution < -0.4 is 23.5 Å². The number of nitrogen functional groups attached to an aromatic ring is 1. The van der Waals surface area contributed by atoms with Crippen LogP contribution in [0.5, 0.6) is 0 Å². The van der Waals surface area contributed by atoms with E-state index in [2.05, 4.69) is 12.2 Å². The van der Waals surface area contributed by atoms with Crippen molar-refractivity contribution in [1.29, 1.82) is 0 Å². The lowest BCUT2D eigenvalue weighted by atomic mass is 9.95. The number of anilines is 1. The molecule has 1 aliphatic carbocycles. The molecule has 0 amide bonds. The second-order valence-electron chi connectivity index (χ2n) is 5.98. The predicted molar refractivity (Wildman–Crippen MR) is 84.0 cm³/mol. The molecule has 0 aliphatic heterocycles. The fourth-order valence-electron chi connectivity index (χ4n) is 2.91. The first-order valence-corrected chi connectivity index (χ1v) is 8.06. The fourth-order valence-corrected chi connectivity index (χ4v) is 2.91. The number of quaternary nitrogens is 1. The summed E-state index contributed by atoms with van der Waals surface area (Å²) in [4.78, 5) is 12.0. The number of hydrogen-bond donors (Lipinski definition) is 2. The lowest BCUT2D eigenvalue weighted by Gasteiger charge is -2.24. The van der Waals surface area contributed by atoms with E-state index in [0.717, 1.165) is 6.42 Å². The average Bonchev–Trinajstić information content (AvgIpc) is 2.52. The summed E-state index contributed by atoms with van der Waals surface area (Å²) >= 11 is 0. The molecule has 4 nitrogen and oxygen atoms in total. The molecule has 0 bridgehead atoms. The van der Waals surface area contributed by atoms with Crippen molar-refractivity contribution in [2.45, 2.75) is 57.5 Å². The lowest BCUT2D eigenvalue weighted by Crippen LogP contribution is -3.00. The Morgan fingerprint density at radius 1 is 1.27 bits per heavy atom. The molecule has 0 radical (unpaired) electrons. The largest absolute Gasteiger partial charge is 1.00 e. The second kappa shape index (κ2) is 9.70. The Morgan fingerprint density at radius 3 is 2.50 bits per heavy atom. The van der Waals surface area contributed by atoms with E-state index in [4.69, 9.17) is 10.5 Å². The third kappa shape index (κ3) is 5.85. The van der Waals surface area contributed by atoms with Crippen molar-refractivity contribution in [3.8, 4) is 0 Å². The van der Waals surface area contributed by atoms with E-state index in [9.17, 15) is 4.79 Å². The smallest absolute Gasteiger partial charge is 0.338 e. The van der Waals surface area contributed by atoms with E-state index in [-0.39, 0.29) is 18.4 Å². The van der Waals surface area contributed by atoms with Gasteiger partial charge in [-0.3, -0.25) is 0 Å². The molecule has 1 atom stereocenters. The van der Waals surface area contributed by atoms with Gasteiger partial charge in [0.1, 0.15) is 12.6 Å². The summed E-state index contributed by atoms with van der Waals surface area (Å²) in [5.41, 5.74) is 6.84. The average molecular weight is 327 g/mol. The van der Waals surface area contributed by atoms with Crippen LogP contribution in [-0.2, 0) is 4.74 Å². The molecule has 1 aromatic rings. The highest BCUT2D eigenvalue weighted by atomic mass is 35.5. The second-order valence-corrected chi connectivity index (χ2v) is 5.98. The van der Waals surface area contributed by atoms with Crippen molar-refractivity contribution >= 4 is 11.7 Å². The molecule has 2 rings (SSSR count). The van der Waals surface area contributed by atoms with E-state index in [1.54, 1.807) is 24.3 Å². The van der Waals surface area contributed by atoms with Crippen LogP contribution >= 0.6 is 0 Å². The Labute approximate surface area is 139 Å². The zero-order chi connectivity index (χ0) is 15.1. The van der Waals surface area contributed by atoms with Gasteiger partial charge in [0.25, 0.3) is 0 Å². The number of rotatable bonds is 6. The third-order valence-corrected chi connectivity index (χ3v) is 4.29. The van der Waals surface area contributed by atoms with E-state index in [1.165, 1.54) is 32.1 Å². The maximum absolute atomic E-state index is 12.0. The molecule has 22 heavy (non-hydrogen) atoms. The normalized spacial score (nSPS) is 16.6. The number of hydrogen-bond acceptors (Lipinski definition) is 3. The summed E-state index contributed by atoms with van der Waals surface area (Å²) in [6, 6.07) is 7.95. The predicted octanol–water partition coefficient (Wildman–Crippen LogP) is -0.896. The molecule has 0 aromatic heterocycles. The molecule has 124 valence electrons. The molecular formula is C17H27ClN2O2. The molecule has 0 heterocycles. The number of esters is 1. The Morgan fingerprint density at radius 2 is 1.91 bits per heavy atom. The molecule has 1 aromatic carbocycles. The van der Waals surface area contributed by atoms with E-state index in [1.807, 2.05) is 0 Å². The molecule has 1 fully saturated rings. The summed E-state index contributed by atoms with van der Waals surface area (Å²) in [5.74, 6) is -0.259. The van der Waals surface area contributed by atoms with Crippen molar-refractivity contribution in [2.24, 2.45) is 0 Å². The summed E-state index contributed by atoms with van der Waals surface area (Å²) in [6.07, 6.45) is 7.65. The van der Waals surface area contributed by atoms with E-state index >= 15 is 0 Å². The highest BCUT2D eigenvalue weighted by molar-refractivity contribution is 5.89. The fraction of sp³-hybridized carbons (Fsp3) is 0.588. The molecule has 4 N–H and O–H groups in total. The molecule has 1 saturated carbocycles. The molecular weight excluding hydrogens is 300 g/mol. The number of ether oxygens (including phenoxy) is 1. The zero-order valence-corrected chi connectivity index (χ0v) is 14.0. The number of carbonyl (C=O) groups is 1. The van der Waals surface area contributed by atoms with E-state index in [0.29, 0.717) is 29.9 Å². The standard InChI is InChI=1S/C17H26N2O2.ClH/c1-2-15(19-16-6-4-3-5-7-16)12-21-17(20)13-8-10-14(18)11-9-13;/h8-11,15-16,19H,2-7,12,18H2,1H3;1H. The Balaban J connectivity index is 0.00000242. The van der Waals surface area contributed by atoms with Crippen LogP contribution in [0.25, 0.3) is 0 Å². The monoisotopic (exact) mass is 326 g/mol. The SMILES string of the molecule is CCC(COC(=O)c1ccc(N)cc1)[NH2+]C1CCCCC1.[Cl-]. The number of nitrogens with two attached hydrogens (primary N) is 2. The highest BCUT2D eigenvalue weighted by Gasteiger charge is 2.21. The van der Waals surface area contributed by atoms with Crippen molar-refractivity contribution < 1.29 is 27.3 Å². The Kier molecular flexibility index (Phi) is 8.28. The van der Waals surface area contributed by atoms with Gasteiger partial charge in [0, 0.05) is 5.69 Å². The van der Waals surface area contributed by atoms with Crippen molar-refractivity contribution in [3.05, 3.63) is 29.8 Å². The lowest BCUT2D eigenvalue weighted by molar-refractivity contribution is -0.724. The van der Waals surface area contributed by atoms with Crippen LogP contribution in [0.15, 0.2) is 24.3 Å². The van der Waals surface area contributed by atoms with E-state index < -0.39 is 0 Å². The van der Waals surface area contributed by atoms with Gasteiger partial charge in [-0.05, 0) is 56.4 Å². The molecule has 5 heteroatoms. The van der Waals surface area contributed by atoms with Gasteiger partial charge in [0.15, 0.2) is 0 Å². The first kappa shape index (κ1) is 18.8. The van der Waals surface area contributed by atoms with Crippen LogP contribution in [0.3, 0.4) is 0 Å². The quantitative estimate of drug-likeness (QED) is 0.526.